The van der Waals surface area contributed by atoms with Gasteiger partial charge in [-0.05, 0) is 6.07 Å². The molecule has 10 heteroatoms. The van der Waals surface area contributed by atoms with Crippen LogP contribution in [0.4, 0.5) is 19.1 Å². The summed E-state index contributed by atoms with van der Waals surface area (Å²) in [6, 6.07) is 2.45. The first-order chi connectivity index (χ1) is 9.44. The number of nitrogens with zero attached hydrogens (tertiary/aromatic N) is 3. The van der Waals surface area contributed by atoms with E-state index in [0.29, 0.717) is 0 Å². The van der Waals surface area contributed by atoms with Gasteiger partial charge in [0, 0.05) is 12.3 Å². The normalized spacial score (nSPS) is 11.2. The summed E-state index contributed by atoms with van der Waals surface area (Å²) in [5.41, 5.74) is 0.140. The van der Waals surface area contributed by atoms with Gasteiger partial charge in [-0.15, -0.1) is 0 Å². The lowest BCUT2D eigenvalue weighted by atomic mass is 10.3. The third-order valence-corrected chi connectivity index (χ3v) is 2.03. The van der Waals surface area contributed by atoms with Crippen molar-refractivity contribution in [3.63, 3.8) is 0 Å². The number of pyridine rings is 1. The Balaban J connectivity index is 1.95. The standard InChI is InChI=1S/C10H8F3N5O2/c11-10(12,13)4-20-7-2-1-6(3-14-7)8(19)17-9-15-5-16-18-9/h1-3,5H,4H2,(H2,15,16,17,18,19). The lowest BCUT2D eigenvalue weighted by molar-refractivity contribution is -0.154. The molecule has 2 aromatic heterocycles. The topological polar surface area (TPSA) is 92.8 Å². The van der Waals surface area contributed by atoms with Gasteiger partial charge in [0.15, 0.2) is 6.61 Å². The molecule has 0 aromatic carbocycles. The minimum atomic E-state index is -4.44. The first kappa shape index (κ1) is 13.8. The molecule has 0 spiro atoms. The maximum atomic E-state index is 11.9. The van der Waals surface area contributed by atoms with Gasteiger partial charge in [-0.1, -0.05) is 0 Å². The summed E-state index contributed by atoms with van der Waals surface area (Å²) in [4.78, 5) is 19.0. The minimum Gasteiger partial charge on any atom is -0.468 e. The second kappa shape index (κ2) is 5.55. The van der Waals surface area contributed by atoms with E-state index in [2.05, 4.69) is 30.2 Å². The summed E-state index contributed by atoms with van der Waals surface area (Å²) in [6.07, 6.45) is -2.14. The van der Waals surface area contributed by atoms with Crippen LogP contribution in [0.25, 0.3) is 0 Å². The number of alkyl halides is 3. The number of hydrogen-bond acceptors (Lipinski definition) is 5. The van der Waals surface area contributed by atoms with E-state index in [1.54, 1.807) is 0 Å². The number of nitrogens with one attached hydrogen (secondary N) is 2. The fourth-order valence-electron chi connectivity index (χ4n) is 1.20. The highest BCUT2D eigenvalue weighted by Crippen LogP contribution is 2.17. The molecule has 1 amide bonds. The predicted octanol–water partition coefficient (Wildman–Crippen LogP) is 1.39. The van der Waals surface area contributed by atoms with E-state index in [1.165, 1.54) is 18.5 Å². The van der Waals surface area contributed by atoms with Crippen molar-refractivity contribution >= 4 is 11.9 Å². The number of H-pyrrole nitrogens is 1. The van der Waals surface area contributed by atoms with Crippen LogP contribution >= 0.6 is 0 Å². The van der Waals surface area contributed by atoms with Gasteiger partial charge < -0.3 is 4.74 Å². The van der Waals surface area contributed by atoms with Gasteiger partial charge >= 0.3 is 6.18 Å². The Hall–Kier alpha value is -2.65. The number of ether oxygens (including phenoxy) is 1. The molecule has 0 aliphatic rings. The maximum Gasteiger partial charge on any atom is 0.422 e. The van der Waals surface area contributed by atoms with E-state index in [4.69, 9.17) is 0 Å². The van der Waals surface area contributed by atoms with E-state index >= 15 is 0 Å². The quantitative estimate of drug-likeness (QED) is 0.886. The molecule has 0 aliphatic carbocycles. The number of carbonyl (C=O) groups excluding carboxylic acids is 1. The molecule has 2 heterocycles. The molecule has 0 aliphatic heterocycles. The summed E-state index contributed by atoms with van der Waals surface area (Å²) >= 11 is 0. The maximum absolute atomic E-state index is 11.9. The highest BCUT2D eigenvalue weighted by molar-refractivity contribution is 6.03. The number of rotatable bonds is 4. The van der Waals surface area contributed by atoms with Crippen LogP contribution in [0.5, 0.6) is 5.88 Å². The average Bonchev–Trinajstić information content (AvgIpc) is 2.89. The zero-order valence-electron chi connectivity index (χ0n) is 9.81. The largest absolute Gasteiger partial charge is 0.468 e. The molecule has 2 rings (SSSR count). The van der Waals surface area contributed by atoms with Crippen LogP contribution in [0, 0.1) is 0 Å². The molecule has 2 N–H and O–H groups in total. The third kappa shape index (κ3) is 3.93. The monoisotopic (exact) mass is 287 g/mol. The van der Waals surface area contributed by atoms with E-state index in [1.807, 2.05) is 0 Å². The zero-order valence-corrected chi connectivity index (χ0v) is 9.81. The summed E-state index contributed by atoms with van der Waals surface area (Å²) in [7, 11) is 0. The Morgan fingerprint density at radius 3 is 2.70 bits per heavy atom. The smallest absolute Gasteiger partial charge is 0.422 e. The van der Waals surface area contributed by atoms with Crippen LogP contribution in [-0.4, -0.2) is 38.9 Å². The van der Waals surface area contributed by atoms with E-state index in [0.717, 1.165) is 6.20 Å². The van der Waals surface area contributed by atoms with Crippen molar-refractivity contribution in [3.05, 3.63) is 30.2 Å². The first-order valence-corrected chi connectivity index (χ1v) is 5.26. The van der Waals surface area contributed by atoms with Gasteiger partial charge in [-0.3, -0.25) is 10.1 Å². The molecule has 106 valence electrons. The highest BCUT2D eigenvalue weighted by atomic mass is 19.4. The Bertz CT molecular complexity index is 568. The second-order valence-corrected chi connectivity index (χ2v) is 3.58. The van der Waals surface area contributed by atoms with E-state index in [9.17, 15) is 18.0 Å². The van der Waals surface area contributed by atoms with Crippen LogP contribution in [0.2, 0.25) is 0 Å². The van der Waals surface area contributed by atoms with Gasteiger partial charge in [0.25, 0.3) is 5.91 Å². The number of aromatic amines is 1. The number of amides is 1. The fourth-order valence-corrected chi connectivity index (χ4v) is 1.20. The third-order valence-electron chi connectivity index (χ3n) is 2.03. The SMILES string of the molecule is O=C(Nc1ncn[nH]1)c1ccc(OCC(F)(F)F)nc1. The summed E-state index contributed by atoms with van der Waals surface area (Å²) in [5, 5.41) is 8.35. The van der Waals surface area contributed by atoms with Crippen LogP contribution in [0.1, 0.15) is 10.4 Å². The number of anilines is 1. The van der Waals surface area contributed by atoms with E-state index in [-0.39, 0.29) is 17.4 Å². The van der Waals surface area contributed by atoms with Crippen LogP contribution in [0.15, 0.2) is 24.7 Å². The molecule has 7 nitrogen and oxygen atoms in total. The molecular formula is C10H8F3N5O2. The molecule has 0 saturated heterocycles. The number of aromatic nitrogens is 4. The lowest BCUT2D eigenvalue weighted by Gasteiger charge is -2.08. The Kier molecular flexibility index (Phi) is 3.82. The van der Waals surface area contributed by atoms with Gasteiger partial charge in [-0.25, -0.2) is 10.1 Å². The van der Waals surface area contributed by atoms with Crippen molar-refractivity contribution in [3.8, 4) is 5.88 Å². The van der Waals surface area contributed by atoms with Gasteiger partial charge in [-0.2, -0.15) is 23.3 Å². The lowest BCUT2D eigenvalue weighted by Crippen LogP contribution is -2.19. The van der Waals surface area contributed by atoms with Crippen molar-refractivity contribution in [1.29, 1.82) is 0 Å². The molecule has 0 unspecified atom stereocenters. The molecular weight excluding hydrogens is 279 g/mol. The first-order valence-electron chi connectivity index (χ1n) is 5.26. The molecule has 0 radical (unpaired) electrons. The Morgan fingerprint density at radius 2 is 2.15 bits per heavy atom. The number of carbonyl (C=O) groups is 1. The van der Waals surface area contributed by atoms with Crippen LogP contribution in [0.3, 0.4) is 0 Å². The molecule has 0 bridgehead atoms. The fraction of sp³-hybridized carbons (Fsp3) is 0.200. The summed E-state index contributed by atoms with van der Waals surface area (Å²) in [5.74, 6) is -0.609. The van der Waals surface area contributed by atoms with Gasteiger partial charge in [0.1, 0.15) is 6.33 Å². The summed E-state index contributed by atoms with van der Waals surface area (Å²) < 4.78 is 40.2. The van der Waals surface area contributed by atoms with Crippen molar-refractivity contribution < 1.29 is 22.7 Å². The zero-order chi connectivity index (χ0) is 14.6. The molecule has 0 atom stereocenters. The van der Waals surface area contributed by atoms with E-state index < -0.39 is 18.7 Å². The van der Waals surface area contributed by atoms with Crippen molar-refractivity contribution in [2.45, 2.75) is 6.18 Å². The number of hydrogen-bond donors (Lipinski definition) is 2. The molecule has 0 saturated carbocycles. The molecule has 0 fully saturated rings. The Labute approximate surface area is 110 Å². The highest BCUT2D eigenvalue weighted by Gasteiger charge is 2.28. The summed E-state index contributed by atoms with van der Waals surface area (Å²) in [6.45, 7) is -1.44. The Morgan fingerprint density at radius 1 is 1.35 bits per heavy atom. The van der Waals surface area contributed by atoms with Gasteiger partial charge in [0.05, 0.1) is 5.56 Å². The number of halogens is 3. The molecule has 2 aromatic rings. The van der Waals surface area contributed by atoms with Gasteiger partial charge in [0.2, 0.25) is 11.8 Å². The minimum absolute atomic E-state index is 0.140. The van der Waals surface area contributed by atoms with Crippen molar-refractivity contribution in [1.82, 2.24) is 20.2 Å². The van der Waals surface area contributed by atoms with Crippen LogP contribution in [-0.2, 0) is 0 Å². The van der Waals surface area contributed by atoms with Crippen LogP contribution < -0.4 is 10.1 Å². The molecule has 20 heavy (non-hydrogen) atoms. The average molecular weight is 287 g/mol. The predicted molar refractivity (Wildman–Crippen MR) is 60.1 cm³/mol. The van der Waals surface area contributed by atoms with Crippen molar-refractivity contribution in [2.75, 3.05) is 11.9 Å². The second-order valence-electron chi connectivity index (χ2n) is 3.58. The van der Waals surface area contributed by atoms with Crippen molar-refractivity contribution in [2.24, 2.45) is 0 Å².